The molecule has 1 fully saturated rings. The number of aromatic amines is 1. The number of H-pyrrole nitrogens is 1. The fourth-order valence-electron chi connectivity index (χ4n) is 1.76. The molecule has 2 heterocycles. The number of aromatic nitrogens is 4. The highest BCUT2D eigenvalue weighted by molar-refractivity contribution is 6.30. The van der Waals surface area contributed by atoms with E-state index < -0.39 is 0 Å². The van der Waals surface area contributed by atoms with E-state index in [0.717, 1.165) is 35.9 Å². The Bertz CT molecular complexity index is 548. The number of nitrogens with zero attached hydrogens (tertiary/aromatic N) is 3. The Balaban J connectivity index is 1.81. The summed E-state index contributed by atoms with van der Waals surface area (Å²) in [6, 6.07) is 0. The summed E-state index contributed by atoms with van der Waals surface area (Å²) in [5.41, 5.74) is 0.882. The lowest BCUT2D eigenvalue weighted by Gasteiger charge is -2.10. The van der Waals surface area contributed by atoms with Gasteiger partial charge in [-0.2, -0.15) is 0 Å². The molecule has 2 aromatic rings. The van der Waals surface area contributed by atoms with Crippen LogP contribution in [0.3, 0.4) is 0 Å². The SMILES string of the molecule is Cc1c(Cl)nc(C2CC2)nc1NCc1ncc[nH]1. The zero-order chi connectivity index (χ0) is 12.5. The van der Waals surface area contributed by atoms with E-state index in [2.05, 4.69) is 25.3 Å². The van der Waals surface area contributed by atoms with Crippen LogP contribution < -0.4 is 5.32 Å². The summed E-state index contributed by atoms with van der Waals surface area (Å²) >= 11 is 6.14. The lowest BCUT2D eigenvalue weighted by molar-refractivity contribution is 0.902. The first-order valence-electron chi connectivity index (χ1n) is 6.00. The van der Waals surface area contributed by atoms with E-state index in [1.165, 1.54) is 0 Å². The molecule has 3 rings (SSSR count). The van der Waals surface area contributed by atoms with E-state index in [-0.39, 0.29) is 0 Å². The number of nitrogens with one attached hydrogen (secondary N) is 2. The minimum absolute atomic E-state index is 0.493. The first-order chi connectivity index (χ1) is 8.74. The summed E-state index contributed by atoms with van der Waals surface area (Å²) in [6.45, 7) is 2.52. The second-order valence-electron chi connectivity index (χ2n) is 4.51. The molecule has 1 aliphatic carbocycles. The van der Waals surface area contributed by atoms with Crippen LogP contribution in [-0.4, -0.2) is 19.9 Å². The van der Waals surface area contributed by atoms with Gasteiger partial charge in [-0.25, -0.2) is 15.0 Å². The number of hydrogen-bond acceptors (Lipinski definition) is 4. The Labute approximate surface area is 110 Å². The third-order valence-electron chi connectivity index (χ3n) is 3.02. The predicted octanol–water partition coefficient (Wildman–Crippen LogP) is 2.65. The van der Waals surface area contributed by atoms with E-state index in [1.54, 1.807) is 12.4 Å². The fraction of sp³-hybridized carbons (Fsp3) is 0.417. The highest BCUT2D eigenvalue weighted by Crippen LogP contribution is 2.39. The second kappa shape index (κ2) is 4.57. The van der Waals surface area contributed by atoms with Gasteiger partial charge in [-0.1, -0.05) is 11.6 Å². The van der Waals surface area contributed by atoms with E-state index in [1.807, 2.05) is 6.92 Å². The quantitative estimate of drug-likeness (QED) is 0.833. The summed E-state index contributed by atoms with van der Waals surface area (Å²) < 4.78 is 0. The van der Waals surface area contributed by atoms with Gasteiger partial charge in [0, 0.05) is 23.9 Å². The lowest BCUT2D eigenvalue weighted by atomic mass is 10.3. The van der Waals surface area contributed by atoms with Crippen molar-refractivity contribution in [2.24, 2.45) is 0 Å². The van der Waals surface area contributed by atoms with Crippen LogP contribution in [0.4, 0.5) is 5.82 Å². The Kier molecular flexibility index (Phi) is 2.91. The van der Waals surface area contributed by atoms with Gasteiger partial charge in [-0.05, 0) is 19.8 Å². The molecule has 1 aliphatic rings. The average Bonchev–Trinajstić information content (AvgIpc) is 3.08. The smallest absolute Gasteiger partial charge is 0.137 e. The van der Waals surface area contributed by atoms with Crippen molar-refractivity contribution >= 4 is 17.4 Å². The van der Waals surface area contributed by atoms with Crippen LogP contribution in [-0.2, 0) is 6.54 Å². The number of hydrogen-bond donors (Lipinski definition) is 2. The molecule has 1 saturated carbocycles. The molecule has 0 spiro atoms. The molecule has 5 nitrogen and oxygen atoms in total. The molecule has 0 atom stereocenters. The van der Waals surface area contributed by atoms with Crippen molar-refractivity contribution in [2.45, 2.75) is 32.2 Å². The van der Waals surface area contributed by atoms with Gasteiger partial charge in [0.05, 0.1) is 6.54 Å². The van der Waals surface area contributed by atoms with Crippen LogP contribution in [0.1, 0.15) is 36.0 Å². The Hall–Kier alpha value is -1.62. The van der Waals surface area contributed by atoms with Crippen molar-refractivity contribution in [3.8, 4) is 0 Å². The maximum atomic E-state index is 6.14. The largest absolute Gasteiger partial charge is 0.362 e. The van der Waals surface area contributed by atoms with Crippen molar-refractivity contribution in [3.63, 3.8) is 0 Å². The van der Waals surface area contributed by atoms with Crippen LogP contribution in [0.5, 0.6) is 0 Å². The summed E-state index contributed by atoms with van der Waals surface area (Å²) in [5, 5.41) is 3.79. The first-order valence-corrected chi connectivity index (χ1v) is 6.38. The molecule has 2 N–H and O–H groups in total. The Morgan fingerprint density at radius 2 is 2.28 bits per heavy atom. The second-order valence-corrected chi connectivity index (χ2v) is 4.87. The van der Waals surface area contributed by atoms with Crippen molar-refractivity contribution in [1.82, 2.24) is 19.9 Å². The van der Waals surface area contributed by atoms with Crippen molar-refractivity contribution in [1.29, 1.82) is 0 Å². The molecule has 0 radical (unpaired) electrons. The number of halogens is 1. The third-order valence-corrected chi connectivity index (χ3v) is 3.39. The standard InChI is InChI=1S/C12H14ClN5/c1-7-10(13)17-12(8-2-3-8)18-11(7)16-6-9-14-4-5-15-9/h4-5,8H,2-3,6H2,1H3,(H,14,15)(H,16,17,18). The topological polar surface area (TPSA) is 66.5 Å². The molecule has 6 heteroatoms. The van der Waals surface area contributed by atoms with Gasteiger partial charge in [0.25, 0.3) is 0 Å². The van der Waals surface area contributed by atoms with Crippen LogP contribution in [0.25, 0.3) is 0 Å². The molecule has 94 valence electrons. The monoisotopic (exact) mass is 263 g/mol. The van der Waals surface area contributed by atoms with Crippen LogP contribution in [0.15, 0.2) is 12.4 Å². The van der Waals surface area contributed by atoms with Crippen molar-refractivity contribution in [2.75, 3.05) is 5.32 Å². The maximum Gasteiger partial charge on any atom is 0.137 e. The molecule has 2 aromatic heterocycles. The molecule has 0 saturated heterocycles. The van der Waals surface area contributed by atoms with E-state index in [0.29, 0.717) is 17.6 Å². The molecule has 0 bridgehead atoms. The van der Waals surface area contributed by atoms with Crippen molar-refractivity contribution < 1.29 is 0 Å². The average molecular weight is 264 g/mol. The van der Waals surface area contributed by atoms with E-state index in [4.69, 9.17) is 11.6 Å². The predicted molar refractivity (Wildman–Crippen MR) is 69.7 cm³/mol. The van der Waals surface area contributed by atoms with Gasteiger partial charge >= 0.3 is 0 Å². The molecular formula is C12H14ClN5. The lowest BCUT2D eigenvalue weighted by Crippen LogP contribution is -2.07. The summed E-state index contributed by atoms with van der Waals surface area (Å²) in [4.78, 5) is 16.1. The highest BCUT2D eigenvalue weighted by Gasteiger charge is 2.27. The van der Waals surface area contributed by atoms with Gasteiger partial charge in [-0.3, -0.25) is 0 Å². The molecule has 0 unspecified atom stereocenters. The minimum Gasteiger partial charge on any atom is -0.362 e. The van der Waals surface area contributed by atoms with Crippen LogP contribution in [0, 0.1) is 6.92 Å². The van der Waals surface area contributed by atoms with Gasteiger partial charge in [-0.15, -0.1) is 0 Å². The number of imidazole rings is 1. The fourth-order valence-corrected chi connectivity index (χ4v) is 1.94. The van der Waals surface area contributed by atoms with E-state index in [9.17, 15) is 0 Å². The van der Waals surface area contributed by atoms with E-state index >= 15 is 0 Å². The number of rotatable bonds is 4. The Morgan fingerprint density at radius 1 is 1.44 bits per heavy atom. The molecular weight excluding hydrogens is 250 g/mol. The number of anilines is 1. The highest BCUT2D eigenvalue weighted by atomic mass is 35.5. The molecule has 0 aromatic carbocycles. The van der Waals surface area contributed by atoms with Gasteiger partial charge in [0.15, 0.2) is 0 Å². The molecule has 18 heavy (non-hydrogen) atoms. The summed E-state index contributed by atoms with van der Waals surface area (Å²) in [7, 11) is 0. The third kappa shape index (κ3) is 2.31. The minimum atomic E-state index is 0.493. The van der Waals surface area contributed by atoms with Gasteiger partial charge < -0.3 is 10.3 Å². The van der Waals surface area contributed by atoms with Crippen molar-refractivity contribution in [3.05, 3.63) is 34.8 Å². The zero-order valence-corrected chi connectivity index (χ0v) is 10.8. The molecule has 0 amide bonds. The molecule has 0 aliphatic heterocycles. The first kappa shape index (κ1) is 11.5. The summed E-state index contributed by atoms with van der Waals surface area (Å²) in [5.74, 6) is 3.02. The van der Waals surface area contributed by atoms with Crippen LogP contribution in [0.2, 0.25) is 5.15 Å². The van der Waals surface area contributed by atoms with Gasteiger partial charge in [0.1, 0.15) is 22.6 Å². The van der Waals surface area contributed by atoms with Crippen LogP contribution >= 0.6 is 11.6 Å². The zero-order valence-electron chi connectivity index (χ0n) is 10.1. The normalized spacial score (nSPS) is 14.8. The maximum absolute atomic E-state index is 6.14. The summed E-state index contributed by atoms with van der Waals surface area (Å²) in [6.07, 6.45) is 5.85. The van der Waals surface area contributed by atoms with Gasteiger partial charge in [0.2, 0.25) is 0 Å². The Morgan fingerprint density at radius 3 is 2.94 bits per heavy atom.